The van der Waals surface area contributed by atoms with Crippen LogP contribution >= 0.6 is 0 Å². The average molecular weight is 401 g/mol. The number of piperidine rings is 1. The summed E-state index contributed by atoms with van der Waals surface area (Å²) in [6.07, 6.45) is 4.11. The average Bonchev–Trinajstić information content (AvgIpc) is 2.77. The topological polar surface area (TPSA) is 77.2 Å². The van der Waals surface area contributed by atoms with Gasteiger partial charge in [0.05, 0.1) is 0 Å². The zero-order valence-electron chi connectivity index (χ0n) is 17.7. The molecule has 1 aromatic carbocycles. The summed E-state index contributed by atoms with van der Waals surface area (Å²) in [6, 6.07) is 10.6. The highest BCUT2D eigenvalue weighted by Crippen LogP contribution is 2.17. The molecule has 0 unspecified atom stereocenters. The number of guanidine groups is 1. The second-order valence-corrected chi connectivity index (χ2v) is 8.01. The van der Waals surface area contributed by atoms with Gasteiger partial charge in [0.1, 0.15) is 0 Å². The predicted octanol–water partition coefficient (Wildman–Crippen LogP) is 1.36. The molecule has 2 fully saturated rings. The Morgan fingerprint density at radius 3 is 2.38 bits per heavy atom. The number of piperazine rings is 1. The molecule has 0 bridgehead atoms. The van der Waals surface area contributed by atoms with Gasteiger partial charge in [0.2, 0.25) is 5.91 Å². The molecule has 3 rings (SSSR count). The summed E-state index contributed by atoms with van der Waals surface area (Å²) in [5.74, 6) is 0.961. The van der Waals surface area contributed by atoms with Gasteiger partial charge in [-0.15, -0.1) is 0 Å². The lowest BCUT2D eigenvalue weighted by Crippen LogP contribution is -2.52. The van der Waals surface area contributed by atoms with Crippen LogP contribution in [-0.2, 0) is 4.79 Å². The first-order valence-electron chi connectivity index (χ1n) is 10.9. The maximum Gasteiger partial charge on any atom is 0.220 e. The molecule has 0 spiro atoms. The fraction of sp³-hybridized carbons (Fsp3) is 0.636. The summed E-state index contributed by atoms with van der Waals surface area (Å²) in [5.41, 5.74) is 6.71. The predicted molar refractivity (Wildman–Crippen MR) is 119 cm³/mol. The Morgan fingerprint density at radius 2 is 1.76 bits per heavy atom. The molecule has 0 atom stereocenters. The lowest BCUT2D eigenvalue weighted by atomic mass is 9.96. The van der Waals surface area contributed by atoms with E-state index in [1.807, 2.05) is 7.05 Å². The zero-order valence-corrected chi connectivity index (χ0v) is 17.7. The summed E-state index contributed by atoms with van der Waals surface area (Å²) in [5, 5.41) is 3.53. The highest BCUT2D eigenvalue weighted by Gasteiger charge is 2.22. The molecule has 0 radical (unpaired) electrons. The van der Waals surface area contributed by atoms with E-state index in [0.717, 1.165) is 84.0 Å². The van der Waals surface area contributed by atoms with Crippen LogP contribution in [0.2, 0.25) is 0 Å². The quantitative estimate of drug-likeness (QED) is 0.411. The van der Waals surface area contributed by atoms with Crippen molar-refractivity contribution in [1.29, 1.82) is 0 Å². The molecule has 1 amide bonds. The third-order valence-corrected chi connectivity index (χ3v) is 6.09. The van der Waals surface area contributed by atoms with Gasteiger partial charge in [-0.3, -0.25) is 9.79 Å². The summed E-state index contributed by atoms with van der Waals surface area (Å²) < 4.78 is 0. The van der Waals surface area contributed by atoms with Gasteiger partial charge in [-0.05, 0) is 57.5 Å². The number of unbranched alkanes of at least 4 members (excludes halogenated alkanes) is 1. The number of nitrogens with zero attached hydrogens (tertiary/aromatic N) is 4. The maximum atomic E-state index is 11.3. The number of benzene rings is 1. The molecule has 1 aromatic rings. The van der Waals surface area contributed by atoms with Crippen LogP contribution < -0.4 is 16.0 Å². The van der Waals surface area contributed by atoms with Gasteiger partial charge < -0.3 is 25.8 Å². The molecule has 2 aliphatic heterocycles. The standard InChI is InChI=1S/C22H36N6O/c1-24-22(28-17-15-27(16-18-28)20-7-3-2-4-8-20)25-11-5-6-12-26-13-9-19(10-14-26)21(23)29/h2-4,7-8,19H,5-6,9-18H2,1H3,(H2,23,29)(H,24,25). The lowest BCUT2D eigenvalue weighted by Gasteiger charge is -2.37. The van der Waals surface area contributed by atoms with Crippen molar-refractivity contribution in [1.82, 2.24) is 15.1 Å². The molecular formula is C22H36N6O. The van der Waals surface area contributed by atoms with Crippen molar-refractivity contribution >= 4 is 17.6 Å². The van der Waals surface area contributed by atoms with Gasteiger partial charge in [-0.25, -0.2) is 0 Å². The Hall–Kier alpha value is -2.28. The number of carbonyl (C=O) groups is 1. The first kappa shape index (κ1) is 21.4. The zero-order chi connectivity index (χ0) is 20.5. The first-order chi connectivity index (χ1) is 14.2. The van der Waals surface area contributed by atoms with Crippen molar-refractivity contribution < 1.29 is 4.79 Å². The highest BCUT2D eigenvalue weighted by atomic mass is 16.1. The van der Waals surface area contributed by atoms with Crippen LogP contribution in [0.25, 0.3) is 0 Å². The third-order valence-electron chi connectivity index (χ3n) is 6.09. The van der Waals surface area contributed by atoms with Gasteiger partial charge >= 0.3 is 0 Å². The van der Waals surface area contributed by atoms with E-state index in [0.29, 0.717) is 0 Å². The number of likely N-dealkylation sites (tertiary alicyclic amines) is 1. The van der Waals surface area contributed by atoms with Crippen molar-refractivity contribution in [3.63, 3.8) is 0 Å². The summed E-state index contributed by atoms with van der Waals surface area (Å²) >= 11 is 0. The van der Waals surface area contributed by atoms with E-state index in [1.54, 1.807) is 0 Å². The fourth-order valence-corrected chi connectivity index (χ4v) is 4.25. The first-order valence-corrected chi connectivity index (χ1v) is 10.9. The largest absolute Gasteiger partial charge is 0.369 e. The van der Waals surface area contributed by atoms with Gasteiger partial charge in [0, 0.05) is 51.4 Å². The van der Waals surface area contributed by atoms with Crippen molar-refractivity contribution in [3.05, 3.63) is 30.3 Å². The number of nitrogens with one attached hydrogen (secondary N) is 1. The molecule has 7 heteroatoms. The molecule has 3 N–H and O–H groups in total. The molecular weight excluding hydrogens is 364 g/mol. The monoisotopic (exact) mass is 400 g/mol. The van der Waals surface area contributed by atoms with Crippen LogP contribution in [0.5, 0.6) is 0 Å². The second kappa shape index (κ2) is 11.0. The Balaban J connectivity index is 1.30. The Morgan fingerprint density at radius 1 is 1.07 bits per heavy atom. The van der Waals surface area contributed by atoms with E-state index >= 15 is 0 Å². The van der Waals surface area contributed by atoms with Gasteiger partial charge in [0.25, 0.3) is 0 Å². The van der Waals surface area contributed by atoms with Crippen LogP contribution in [0, 0.1) is 5.92 Å². The van der Waals surface area contributed by atoms with E-state index in [2.05, 4.69) is 55.3 Å². The summed E-state index contributed by atoms with van der Waals surface area (Å²) in [4.78, 5) is 23.0. The molecule has 0 saturated carbocycles. The molecule has 160 valence electrons. The molecule has 7 nitrogen and oxygen atoms in total. The van der Waals surface area contributed by atoms with Gasteiger partial charge in [-0.2, -0.15) is 0 Å². The third kappa shape index (κ3) is 6.35. The van der Waals surface area contributed by atoms with Gasteiger partial charge in [0.15, 0.2) is 5.96 Å². The lowest BCUT2D eigenvalue weighted by molar-refractivity contribution is -0.123. The number of amides is 1. The van der Waals surface area contributed by atoms with Crippen molar-refractivity contribution in [2.45, 2.75) is 25.7 Å². The molecule has 2 aliphatic rings. The van der Waals surface area contributed by atoms with Crippen LogP contribution in [0.4, 0.5) is 5.69 Å². The van der Waals surface area contributed by atoms with Crippen molar-refractivity contribution in [2.75, 3.05) is 64.3 Å². The molecule has 29 heavy (non-hydrogen) atoms. The number of hydrogen-bond donors (Lipinski definition) is 2. The second-order valence-electron chi connectivity index (χ2n) is 8.01. The Labute approximate surface area is 174 Å². The number of aliphatic imine (C=N–C) groups is 1. The molecule has 2 saturated heterocycles. The highest BCUT2D eigenvalue weighted by molar-refractivity contribution is 5.80. The minimum Gasteiger partial charge on any atom is -0.369 e. The SMILES string of the molecule is CN=C(NCCCCN1CCC(C(N)=O)CC1)N1CCN(c2ccccc2)CC1. The molecule has 0 aliphatic carbocycles. The number of carbonyl (C=O) groups excluding carboxylic acids is 1. The van der Waals surface area contributed by atoms with E-state index in [-0.39, 0.29) is 11.8 Å². The van der Waals surface area contributed by atoms with E-state index in [4.69, 9.17) is 5.73 Å². The van der Waals surface area contributed by atoms with Crippen LogP contribution in [-0.4, -0.2) is 81.1 Å². The number of para-hydroxylation sites is 1. The number of hydrogen-bond acceptors (Lipinski definition) is 4. The van der Waals surface area contributed by atoms with Gasteiger partial charge in [-0.1, -0.05) is 18.2 Å². The maximum absolute atomic E-state index is 11.3. The van der Waals surface area contributed by atoms with Crippen LogP contribution in [0.15, 0.2) is 35.3 Å². The van der Waals surface area contributed by atoms with Crippen molar-refractivity contribution in [3.8, 4) is 0 Å². The number of anilines is 1. The van der Waals surface area contributed by atoms with E-state index < -0.39 is 0 Å². The van der Waals surface area contributed by atoms with Crippen LogP contribution in [0.1, 0.15) is 25.7 Å². The summed E-state index contributed by atoms with van der Waals surface area (Å²) in [7, 11) is 1.87. The molecule has 0 aromatic heterocycles. The summed E-state index contributed by atoms with van der Waals surface area (Å²) in [6.45, 7) is 8.05. The Bertz CT molecular complexity index is 649. The number of nitrogens with two attached hydrogens (primary N) is 1. The Kier molecular flexibility index (Phi) is 8.16. The fourth-order valence-electron chi connectivity index (χ4n) is 4.25. The van der Waals surface area contributed by atoms with Crippen LogP contribution in [0.3, 0.4) is 0 Å². The molecule has 2 heterocycles. The smallest absolute Gasteiger partial charge is 0.220 e. The normalized spacial score (nSPS) is 19.4. The minimum absolute atomic E-state index is 0.0820. The number of primary amides is 1. The minimum atomic E-state index is -0.134. The number of rotatable bonds is 7. The van der Waals surface area contributed by atoms with Crippen molar-refractivity contribution in [2.24, 2.45) is 16.6 Å². The van der Waals surface area contributed by atoms with E-state index in [1.165, 1.54) is 5.69 Å². The van der Waals surface area contributed by atoms with E-state index in [9.17, 15) is 4.79 Å².